The zero-order chi connectivity index (χ0) is 26.8. The topological polar surface area (TPSA) is 132 Å². The van der Waals surface area contributed by atoms with Crippen LogP contribution < -0.4 is 10.5 Å². The van der Waals surface area contributed by atoms with Crippen molar-refractivity contribution in [3.8, 4) is 5.75 Å². The van der Waals surface area contributed by atoms with Gasteiger partial charge in [-0.3, -0.25) is 4.79 Å². The molecule has 3 heterocycles. The van der Waals surface area contributed by atoms with E-state index >= 15 is 0 Å². The second-order valence-corrected chi connectivity index (χ2v) is 11.3. The van der Waals surface area contributed by atoms with Crippen LogP contribution in [0.1, 0.15) is 87.5 Å². The van der Waals surface area contributed by atoms with Crippen LogP contribution in [-0.4, -0.2) is 56.7 Å². The molecule has 8 nitrogen and oxygen atoms in total. The Morgan fingerprint density at radius 1 is 1.14 bits per heavy atom. The van der Waals surface area contributed by atoms with Crippen LogP contribution >= 0.6 is 0 Å². The molecule has 1 amide bonds. The van der Waals surface area contributed by atoms with Crippen molar-refractivity contribution in [1.82, 2.24) is 4.98 Å². The molecule has 3 aliphatic rings. The maximum atomic E-state index is 13.3. The lowest BCUT2D eigenvalue weighted by molar-refractivity contribution is -0.189. The van der Waals surface area contributed by atoms with E-state index in [2.05, 4.69) is 18.8 Å². The fourth-order valence-corrected chi connectivity index (χ4v) is 5.67. The molecular weight excluding hydrogens is 481 g/mol. The van der Waals surface area contributed by atoms with Crippen LogP contribution in [0.2, 0.25) is 0 Å². The van der Waals surface area contributed by atoms with Gasteiger partial charge in [0.15, 0.2) is 5.75 Å². The van der Waals surface area contributed by atoms with E-state index in [0.29, 0.717) is 24.8 Å². The number of nitrogens with zero attached hydrogens (tertiary/aromatic N) is 1. The number of allylic oxidation sites excluding steroid dienone is 2. The van der Waals surface area contributed by atoms with E-state index < -0.39 is 53.1 Å². The summed E-state index contributed by atoms with van der Waals surface area (Å²) in [6.07, 6.45) is -3.99. The number of pyridine rings is 1. The van der Waals surface area contributed by atoms with E-state index in [4.69, 9.17) is 15.2 Å². The summed E-state index contributed by atoms with van der Waals surface area (Å²) in [7, 11) is 0. The molecule has 0 radical (unpaired) electrons. The molecule has 4 rings (SSSR count). The number of aliphatic hydroxyl groups excluding tert-OH is 2. The van der Waals surface area contributed by atoms with E-state index in [1.807, 2.05) is 6.08 Å². The van der Waals surface area contributed by atoms with E-state index in [0.717, 1.165) is 0 Å². The number of rotatable bonds is 4. The van der Waals surface area contributed by atoms with Gasteiger partial charge in [-0.25, -0.2) is 9.78 Å². The Labute approximate surface area is 206 Å². The molecule has 36 heavy (non-hydrogen) atoms. The number of hydrogen-bond donors (Lipinski definition) is 3. The van der Waals surface area contributed by atoms with Crippen molar-refractivity contribution in [3.05, 3.63) is 29.1 Å². The first kappa shape index (κ1) is 26.6. The van der Waals surface area contributed by atoms with Crippen LogP contribution in [0, 0.1) is 5.41 Å². The quantitative estimate of drug-likeness (QED) is 0.527. The molecular formula is C25H31F3N2O6. The van der Waals surface area contributed by atoms with Crippen LogP contribution in [0.4, 0.5) is 13.2 Å². The number of primary amides is 1. The standard InChI is InChI=1S/C25H31F3N2O6/c1-22(2)7-5-12(6-8-22)16-17(35-21(34)25(26,27)28)14(9-15(30-16)20(29)33)13-10-23(3)18(31)19(32)24(4,11-13)36-23/h5,9,13,18-19,31-32H,6-8,10-11H2,1-4H3,(H2,29,33). The Bertz CT molecular complexity index is 1110. The molecule has 2 bridgehead atoms. The Hall–Kier alpha value is -2.50. The fraction of sp³-hybridized carbons (Fsp3) is 0.640. The van der Waals surface area contributed by atoms with Crippen LogP contribution in [0.3, 0.4) is 0 Å². The minimum atomic E-state index is -5.26. The average Bonchev–Trinajstić information content (AvgIpc) is 2.88. The highest BCUT2D eigenvalue weighted by atomic mass is 19.4. The third-order valence-corrected chi connectivity index (χ3v) is 7.72. The summed E-state index contributed by atoms with van der Waals surface area (Å²) in [5.41, 5.74) is 3.51. The van der Waals surface area contributed by atoms with Gasteiger partial charge in [0.2, 0.25) is 0 Å². The average molecular weight is 513 g/mol. The maximum absolute atomic E-state index is 13.3. The molecule has 1 aromatic rings. The minimum absolute atomic E-state index is 0.0359. The summed E-state index contributed by atoms with van der Waals surface area (Å²) < 4.78 is 50.8. The first-order valence-electron chi connectivity index (χ1n) is 11.9. The summed E-state index contributed by atoms with van der Waals surface area (Å²) in [6.45, 7) is 7.31. The molecule has 11 heteroatoms. The van der Waals surface area contributed by atoms with Crippen molar-refractivity contribution < 1.29 is 42.4 Å². The Morgan fingerprint density at radius 3 is 2.19 bits per heavy atom. The Balaban J connectivity index is 1.90. The van der Waals surface area contributed by atoms with Gasteiger partial charge in [-0.15, -0.1) is 0 Å². The summed E-state index contributed by atoms with van der Waals surface area (Å²) >= 11 is 0. The molecule has 1 aromatic heterocycles. The lowest BCUT2D eigenvalue weighted by Crippen LogP contribution is -2.43. The number of alkyl halides is 3. The highest BCUT2D eigenvalue weighted by Gasteiger charge is 2.62. The van der Waals surface area contributed by atoms with Gasteiger partial charge in [0.1, 0.15) is 23.6 Å². The minimum Gasteiger partial charge on any atom is -0.417 e. The van der Waals surface area contributed by atoms with Crippen molar-refractivity contribution >= 4 is 17.4 Å². The highest BCUT2D eigenvalue weighted by Crippen LogP contribution is 2.55. The lowest BCUT2D eigenvalue weighted by atomic mass is 9.76. The molecule has 2 aliphatic heterocycles. The summed E-state index contributed by atoms with van der Waals surface area (Å²) in [6, 6.07) is 1.24. The third-order valence-electron chi connectivity index (χ3n) is 7.72. The highest BCUT2D eigenvalue weighted by molar-refractivity contribution is 5.92. The Kier molecular flexibility index (Phi) is 6.29. The third kappa shape index (κ3) is 4.64. The largest absolute Gasteiger partial charge is 0.491 e. The van der Waals surface area contributed by atoms with Crippen LogP contribution in [0.5, 0.6) is 5.75 Å². The maximum Gasteiger partial charge on any atom is 0.491 e. The second kappa shape index (κ2) is 8.53. The summed E-state index contributed by atoms with van der Waals surface area (Å²) in [4.78, 5) is 28.4. The van der Waals surface area contributed by atoms with Gasteiger partial charge in [0.05, 0.1) is 11.2 Å². The lowest BCUT2D eigenvalue weighted by Gasteiger charge is -2.41. The van der Waals surface area contributed by atoms with Crippen molar-refractivity contribution in [2.75, 3.05) is 0 Å². The van der Waals surface area contributed by atoms with Gasteiger partial charge >= 0.3 is 12.1 Å². The van der Waals surface area contributed by atoms with Crippen molar-refractivity contribution in [3.63, 3.8) is 0 Å². The van der Waals surface area contributed by atoms with Gasteiger partial charge in [0.25, 0.3) is 5.91 Å². The normalized spacial score (nSPS) is 33.7. The molecule has 2 fully saturated rings. The number of esters is 1. The number of amides is 1. The molecule has 4 N–H and O–H groups in total. The first-order valence-corrected chi connectivity index (χ1v) is 11.9. The van der Waals surface area contributed by atoms with Gasteiger partial charge in [-0.1, -0.05) is 19.9 Å². The molecule has 0 saturated carbocycles. The van der Waals surface area contributed by atoms with E-state index in [-0.39, 0.29) is 35.2 Å². The number of carbonyl (C=O) groups excluding carboxylic acids is 2. The molecule has 2 saturated heterocycles. The predicted octanol–water partition coefficient (Wildman–Crippen LogP) is 3.39. The van der Waals surface area contributed by atoms with E-state index in [1.54, 1.807) is 13.8 Å². The van der Waals surface area contributed by atoms with E-state index in [9.17, 15) is 33.0 Å². The number of hydrogen-bond acceptors (Lipinski definition) is 7. The smallest absolute Gasteiger partial charge is 0.417 e. The van der Waals surface area contributed by atoms with Crippen molar-refractivity contribution in [2.24, 2.45) is 11.1 Å². The van der Waals surface area contributed by atoms with E-state index in [1.165, 1.54) is 6.07 Å². The number of halogens is 3. The zero-order valence-corrected chi connectivity index (χ0v) is 20.6. The molecule has 4 unspecified atom stereocenters. The van der Waals surface area contributed by atoms with Gasteiger partial charge in [0, 0.05) is 5.56 Å². The van der Waals surface area contributed by atoms with Crippen LogP contribution in [0.25, 0.3) is 5.57 Å². The molecule has 1 aliphatic carbocycles. The van der Waals surface area contributed by atoms with Crippen LogP contribution in [0.15, 0.2) is 12.1 Å². The molecule has 0 spiro atoms. The van der Waals surface area contributed by atoms with Gasteiger partial charge < -0.3 is 25.4 Å². The van der Waals surface area contributed by atoms with Crippen LogP contribution in [-0.2, 0) is 9.53 Å². The number of nitrogens with two attached hydrogens (primary N) is 1. The second-order valence-electron chi connectivity index (χ2n) is 11.3. The Morgan fingerprint density at radius 2 is 1.72 bits per heavy atom. The van der Waals surface area contributed by atoms with Gasteiger partial charge in [-0.2, -0.15) is 13.2 Å². The number of fused-ring (bicyclic) bond motifs is 2. The van der Waals surface area contributed by atoms with Crippen molar-refractivity contribution in [2.45, 2.75) is 95.3 Å². The molecule has 0 aromatic carbocycles. The SMILES string of the molecule is CC1(C)CC=C(c2nc(C(N)=O)cc(C3CC4(C)OC(C)(C3)C(O)C4O)c2OC(=O)C(F)(F)F)CC1. The number of carbonyl (C=O) groups is 2. The molecule has 198 valence electrons. The first-order chi connectivity index (χ1) is 16.5. The molecule has 4 atom stereocenters. The number of aliphatic hydroxyl groups is 2. The van der Waals surface area contributed by atoms with Gasteiger partial charge in [-0.05, 0) is 68.9 Å². The summed E-state index contributed by atoms with van der Waals surface area (Å²) in [5.74, 6) is -4.34. The number of ether oxygens (including phenoxy) is 2. The van der Waals surface area contributed by atoms with Crippen molar-refractivity contribution in [1.29, 1.82) is 0 Å². The number of aromatic nitrogens is 1. The fourth-order valence-electron chi connectivity index (χ4n) is 5.67. The predicted molar refractivity (Wildman–Crippen MR) is 122 cm³/mol. The summed E-state index contributed by atoms with van der Waals surface area (Å²) in [5, 5.41) is 21.2. The monoisotopic (exact) mass is 512 g/mol. The zero-order valence-electron chi connectivity index (χ0n) is 20.6.